The van der Waals surface area contributed by atoms with E-state index in [1.54, 1.807) is 0 Å². The number of hydrogen-bond acceptors (Lipinski definition) is 3. The molecule has 0 radical (unpaired) electrons. The first-order chi connectivity index (χ1) is 8.72. The smallest absolute Gasteiger partial charge is 0.310 e. The molecular weight excluding hydrogens is 226 g/mol. The van der Waals surface area contributed by atoms with Crippen LogP contribution in [0.4, 0.5) is 0 Å². The summed E-state index contributed by atoms with van der Waals surface area (Å²) in [6.45, 7) is 6.08. The molecule has 0 aromatic heterocycles. The molecule has 2 rings (SSSR count). The molecule has 1 fully saturated rings. The van der Waals surface area contributed by atoms with Gasteiger partial charge in [-0.3, -0.25) is 4.79 Å². The van der Waals surface area contributed by atoms with Crippen molar-refractivity contribution in [3.8, 4) is 0 Å². The first kappa shape index (κ1) is 13.1. The Morgan fingerprint density at radius 2 is 2.11 bits per heavy atom. The summed E-state index contributed by atoms with van der Waals surface area (Å²) in [4.78, 5) is 12.0. The van der Waals surface area contributed by atoms with Gasteiger partial charge >= 0.3 is 5.97 Å². The van der Waals surface area contributed by atoms with Crippen LogP contribution in [0.5, 0.6) is 0 Å². The first-order valence-corrected chi connectivity index (χ1v) is 6.66. The van der Waals surface area contributed by atoms with Crippen molar-refractivity contribution in [2.45, 2.75) is 26.2 Å². The van der Waals surface area contributed by atoms with E-state index in [1.807, 2.05) is 6.92 Å². The van der Waals surface area contributed by atoms with Crippen LogP contribution in [0.2, 0.25) is 0 Å². The molecule has 0 bridgehead atoms. The summed E-state index contributed by atoms with van der Waals surface area (Å²) < 4.78 is 5.18. The molecule has 0 saturated carbocycles. The van der Waals surface area contributed by atoms with Crippen LogP contribution >= 0.6 is 0 Å². The molecule has 1 heterocycles. The maximum atomic E-state index is 12.0. The molecule has 1 aromatic carbocycles. The second-order valence-electron chi connectivity index (χ2n) is 4.87. The zero-order chi connectivity index (χ0) is 13.0. The standard InChI is InChI=1S/C15H21NO2/c1-3-18-15(17)14-10-16-9-8-13(14)12-6-4-11(2)5-7-12/h4-7,13-14,16H,3,8-10H2,1-2H3/t13-,14-/m1/s1. The molecule has 2 atom stereocenters. The zero-order valence-electron chi connectivity index (χ0n) is 11.1. The third-order valence-corrected chi connectivity index (χ3v) is 3.58. The Kier molecular flexibility index (Phi) is 4.37. The lowest BCUT2D eigenvalue weighted by Crippen LogP contribution is -2.40. The van der Waals surface area contributed by atoms with Crippen LogP contribution < -0.4 is 5.32 Å². The van der Waals surface area contributed by atoms with Gasteiger partial charge in [-0.1, -0.05) is 29.8 Å². The van der Waals surface area contributed by atoms with Crippen molar-refractivity contribution in [2.24, 2.45) is 5.92 Å². The number of esters is 1. The van der Waals surface area contributed by atoms with Gasteiger partial charge in [0.25, 0.3) is 0 Å². The minimum absolute atomic E-state index is 0.0543. The van der Waals surface area contributed by atoms with Gasteiger partial charge in [0.15, 0.2) is 0 Å². The molecule has 0 spiro atoms. The lowest BCUT2D eigenvalue weighted by Gasteiger charge is -2.30. The number of carbonyl (C=O) groups excluding carboxylic acids is 1. The summed E-state index contributed by atoms with van der Waals surface area (Å²) in [5, 5.41) is 3.28. The summed E-state index contributed by atoms with van der Waals surface area (Å²) in [5.74, 6) is 0.155. The van der Waals surface area contributed by atoms with E-state index in [0.717, 1.165) is 19.5 Å². The van der Waals surface area contributed by atoms with E-state index < -0.39 is 0 Å². The van der Waals surface area contributed by atoms with E-state index in [1.165, 1.54) is 11.1 Å². The fraction of sp³-hybridized carbons (Fsp3) is 0.533. The van der Waals surface area contributed by atoms with Crippen LogP contribution in [0.1, 0.15) is 30.4 Å². The summed E-state index contributed by atoms with van der Waals surface area (Å²) in [6, 6.07) is 8.49. The Hall–Kier alpha value is -1.35. The molecule has 18 heavy (non-hydrogen) atoms. The second kappa shape index (κ2) is 6.01. The Morgan fingerprint density at radius 3 is 2.78 bits per heavy atom. The topological polar surface area (TPSA) is 38.3 Å². The third kappa shape index (κ3) is 2.91. The fourth-order valence-corrected chi connectivity index (χ4v) is 2.57. The molecule has 3 nitrogen and oxygen atoms in total. The molecule has 1 aliphatic rings. The summed E-state index contributed by atoms with van der Waals surface area (Å²) in [7, 11) is 0. The van der Waals surface area contributed by atoms with Gasteiger partial charge in [0.1, 0.15) is 0 Å². The molecular formula is C15H21NO2. The van der Waals surface area contributed by atoms with Gasteiger partial charge in [0.2, 0.25) is 0 Å². The molecule has 0 amide bonds. The van der Waals surface area contributed by atoms with Gasteiger partial charge in [0.05, 0.1) is 12.5 Å². The van der Waals surface area contributed by atoms with E-state index in [4.69, 9.17) is 4.74 Å². The van der Waals surface area contributed by atoms with Gasteiger partial charge in [-0.15, -0.1) is 0 Å². The number of hydrogen-bond donors (Lipinski definition) is 1. The SMILES string of the molecule is CCOC(=O)[C@@H]1CNCC[C@@H]1c1ccc(C)cc1. The third-order valence-electron chi connectivity index (χ3n) is 3.58. The highest BCUT2D eigenvalue weighted by atomic mass is 16.5. The highest BCUT2D eigenvalue weighted by Gasteiger charge is 2.32. The van der Waals surface area contributed by atoms with Crippen molar-refractivity contribution in [2.75, 3.05) is 19.7 Å². The van der Waals surface area contributed by atoms with Crippen molar-refractivity contribution < 1.29 is 9.53 Å². The largest absolute Gasteiger partial charge is 0.466 e. The Labute approximate surface area is 109 Å². The van der Waals surface area contributed by atoms with E-state index in [2.05, 4.69) is 36.5 Å². The van der Waals surface area contributed by atoms with Crippen LogP contribution in [-0.4, -0.2) is 25.7 Å². The molecule has 3 heteroatoms. The van der Waals surface area contributed by atoms with Crippen molar-refractivity contribution in [3.63, 3.8) is 0 Å². The highest BCUT2D eigenvalue weighted by Crippen LogP contribution is 2.31. The molecule has 1 saturated heterocycles. The Balaban J connectivity index is 2.17. The lowest BCUT2D eigenvalue weighted by molar-refractivity contribution is -0.149. The van der Waals surface area contributed by atoms with Crippen LogP contribution in [-0.2, 0) is 9.53 Å². The minimum atomic E-state index is -0.0738. The summed E-state index contributed by atoms with van der Waals surface area (Å²) in [5.41, 5.74) is 2.50. The summed E-state index contributed by atoms with van der Waals surface area (Å²) in [6.07, 6.45) is 0.993. The predicted octanol–water partition coefficient (Wildman–Crippen LogP) is 2.25. The zero-order valence-corrected chi connectivity index (χ0v) is 11.1. The van der Waals surface area contributed by atoms with Crippen LogP contribution in [0.15, 0.2) is 24.3 Å². The number of nitrogens with one attached hydrogen (secondary N) is 1. The van der Waals surface area contributed by atoms with Crippen molar-refractivity contribution in [1.82, 2.24) is 5.32 Å². The van der Waals surface area contributed by atoms with Gasteiger partial charge in [-0.05, 0) is 38.3 Å². The molecule has 1 aromatic rings. The predicted molar refractivity (Wildman–Crippen MR) is 71.5 cm³/mol. The van der Waals surface area contributed by atoms with E-state index in [9.17, 15) is 4.79 Å². The lowest BCUT2D eigenvalue weighted by atomic mass is 9.81. The van der Waals surface area contributed by atoms with Crippen LogP contribution in [0.25, 0.3) is 0 Å². The number of rotatable bonds is 3. The Bertz CT molecular complexity index is 399. The normalized spacial score (nSPS) is 23.7. The molecule has 0 unspecified atom stereocenters. The van der Waals surface area contributed by atoms with Crippen molar-refractivity contribution in [1.29, 1.82) is 0 Å². The molecule has 1 N–H and O–H groups in total. The second-order valence-corrected chi connectivity index (χ2v) is 4.87. The first-order valence-electron chi connectivity index (χ1n) is 6.66. The number of carbonyl (C=O) groups is 1. The minimum Gasteiger partial charge on any atom is -0.466 e. The number of benzene rings is 1. The van der Waals surface area contributed by atoms with E-state index in [0.29, 0.717) is 6.61 Å². The van der Waals surface area contributed by atoms with Crippen molar-refractivity contribution >= 4 is 5.97 Å². The van der Waals surface area contributed by atoms with Crippen molar-refractivity contribution in [3.05, 3.63) is 35.4 Å². The molecule has 0 aliphatic carbocycles. The average Bonchev–Trinajstić information content (AvgIpc) is 2.40. The van der Waals surface area contributed by atoms with E-state index in [-0.39, 0.29) is 17.8 Å². The van der Waals surface area contributed by atoms with Gasteiger partial charge in [-0.2, -0.15) is 0 Å². The van der Waals surface area contributed by atoms with Gasteiger partial charge in [-0.25, -0.2) is 0 Å². The quantitative estimate of drug-likeness (QED) is 0.833. The number of ether oxygens (including phenoxy) is 1. The maximum absolute atomic E-state index is 12.0. The molecule has 98 valence electrons. The van der Waals surface area contributed by atoms with Gasteiger partial charge in [0, 0.05) is 6.54 Å². The number of aryl methyl sites for hydroxylation is 1. The number of piperidine rings is 1. The van der Waals surface area contributed by atoms with Gasteiger partial charge < -0.3 is 10.1 Å². The summed E-state index contributed by atoms with van der Waals surface area (Å²) >= 11 is 0. The van der Waals surface area contributed by atoms with Crippen LogP contribution in [0.3, 0.4) is 0 Å². The Morgan fingerprint density at radius 1 is 1.39 bits per heavy atom. The van der Waals surface area contributed by atoms with E-state index >= 15 is 0 Å². The molecule has 1 aliphatic heterocycles. The fourth-order valence-electron chi connectivity index (χ4n) is 2.57. The van der Waals surface area contributed by atoms with Crippen LogP contribution in [0, 0.1) is 12.8 Å². The maximum Gasteiger partial charge on any atom is 0.310 e. The monoisotopic (exact) mass is 247 g/mol. The average molecular weight is 247 g/mol. The highest BCUT2D eigenvalue weighted by molar-refractivity contribution is 5.74.